The van der Waals surface area contributed by atoms with Gasteiger partial charge in [0.15, 0.2) is 23.3 Å². The molecule has 14 heteroatoms. The fourth-order valence-electron chi connectivity index (χ4n) is 2.90. The SMILES string of the molecule is Cn1ccnc1-c1nccn1C.Cn1ccnc1-c1nccn1C.NCCc1cnc[nH]1.[Cl-].[Cl-].[Os+2]. The van der Waals surface area contributed by atoms with Gasteiger partial charge in [0, 0.05) is 96.1 Å². The van der Waals surface area contributed by atoms with Gasteiger partial charge in [0.25, 0.3) is 0 Å². The van der Waals surface area contributed by atoms with E-state index in [0.29, 0.717) is 6.54 Å². The number of aromatic nitrogens is 10. The van der Waals surface area contributed by atoms with Crippen LogP contribution in [0.5, 0.6) is 0 Å². The molecular weight excluding hydrogens is 667 g/mol. The number of hydrogen-bond acceptors (Lipinski definition) is 6. The number of aromatic amines is 1. The van der Waals surface area contributed by atoms with Crippen LogP contribution in [0.25, 0.3) is 23.3 Å². The third kappa shape index (κ3) is 8.75. The number of imidazole rings is 5. The van der Waals surface area contributed by atoms with Gasteiger partial charge in [-0.05, 0) is 6.54 Å². The first-order chi connectivity index (χ1) is 15.5. The minimum atomic E-state index is 0. The Kier molecular flexibility index (Phi) is 14.7. The summed E-state index contributed by atoms with van der Waals surface area (Å²) >= 11 is 0. The molecule has 0 spiro atoms. The van der Waals surface area contributed by atoms with Crippen LogP contribution in [-0.4, -0.2) is 54.7 Å². The van der Waals surface area contributed by atoms with Gasteiger partial charge in [-0.2, -0.15) is 0 Å². The van der Waals surface area contributed by atoms with Crippen molar-refractivity contribution >= 4 is 0 Å². The summed E-state index contributed by atoms with van der Waals surface area (Å²) in [6.07, 6.45) is 19.0. The number of halogens is 2. The molecule has 0 aliphatic heterocycles. The van der Waals surface area contributed by atoms with Gasteiger partial charge in [0.2, 0.25) is 0 Å². The van der Waals surface area contributed by atoms with E-state index in [1.807, 2.05) is 71.2 Å². The second kappa shape index (κ2) is 16.0. The zero-order valence-electron chi connectivity index (χ0n) is 19.9. The Balaban J connectivity index is 0.000000485. The summed E-state index contributed by atoms with van der Waals surface area (Å²) in [6, 6.07) is 0. The Morgan fingerprint density at radius 2 is 1.03 bits per heavy atom. The zero-order valence-corrected chi connectivity index (χ0v) is 24.0. The molecular formula is C21H29Cl2N11Os. The normalized spacial score (nSPS) is 9.40. The maximum atomic E-state index is 5.27. The van der Waals surface area contributed by atoms with Crippen LogP contribution in [0.3, 0.4) is 0 Å². The van der Waals surface area contributed by atoms with Gasteiger partial charge in [-0.3, -0.25) is 0 Å². The molecule has 0 bridgehead atoms. The average Bonchev–Trinajstić information content (AvgIpc) is 3.57. The van der Waals surface area contributed by atoms with Gasteiger partial charge < -0.3 is 53.8 Å². The number of H-pyrrole nitrogens is 1. The summed E-state index contributed by atoms with van der Waals surface area (Å²) in [5, 5.41) is 0. The number of nitrogens with one attached hydrogen (secondary N) is 1. The number of rotatable bonds is 4. The van der Waals surface area contributed by atoms with Gasteiger partial charge in [-0.25, -0.2) is 24.9 Å². The fraction of sp³-hybridized carbons (Fsp3) is 0.286. The zero-order chi connectivity index (χ0) is 22.9. The minimum Gasteiger partial charge on any atom is -1.00 e. The van der Waals surface area contributed by atoms with E-state index in [9.17, 15) is 0 Å². The minimum absolute atomic E-state index is 0. The predicted molar refractivity (Wildman–Crippen MR) is 122 cm³/mol. The summed E-state index contributed by atoms with van der Waals surface area (Å²) in [5.74, 6) is 3.56. The molecule has 0 atom stereocenters. The molecule has 0 fully saturated rings. The molecule has 11 nitrogen and oxygen atoms in total. The molecule has 5 rings (SSSR count). The van der Waals surface area contributed by atoms with E-state index in [-0.39, 0.29) is 44.6 Å². The molecule has 190 valence electrons. The maximum Gasteiger partial charge on any atom is 2.00 e. The third-order valence-corrected chi connectivity index (χ3v) is 4.65. The van der Waals surface area contributed by atoms with Crippen molar-refractivity contribution in [3.63, 3.8) is 0 Å². The summed E-state index contributed by atoms with van der Waals surface area (Å²) in [6.45, 7) is 0.683. The van der Waals surface area contributed by atoms with E-state index in [1.165, 1.54) is 0 Å². The van der Waals surface area contributed by atoms with Gasteiger partial charge in [0.05, 0.1) is 6.33 Å². The largest absolute Gasteiger partial charge is 2.00 e. The molecule has 0 unspecified atom stereocenters. The van der Waals surface area contributed by atoms with Crippen LogP contribution in [0.1, 0.15) is 5.69 Å². The summed E-state index contributed by atoms with van der Waals surface area (Å²) in [4.78, 5) is 23.6. The first kappa shape index (κ1) is 32.2. The maximum absolute atomic E-state index is 5.27. The molecule has 3 N–H and O–H groups in total. The quantitative estimate of drug-likeness (QED) is 0.196. The van der Waals surface area contributed by atoms with Crippen molar-refractivity contribution in [3.8, 4) is 23.3 Å². The van der Waals surface area contributed by atoms with E-state index in [2.05, 4.69) is 29.9 Å². The second-order valence-corrected chi connectivity index (χ2v) is 7.06. The van der Waals surface area contributed by atoms with E-state index < -0.39 is 0 Å². The molecule has 0 aliphatic rings. The molecule has 5 heterocycles. The standard InChI is InChI=1S/2C8H10N4.C5H9N3.2ClH.Os/c2*1-11-5-3-9-7(11)8-10-4-6-12(8)2;6-2-1-5-3-7-4-8-5;;;/h2*3-6H,1-2H3;3-4H,1-2,6H2,(H,7,8);2*1H;/q;;;;;+2/p-2. The van der Waals surface area contributed by atoms with Crippen LogP contribution in [0.2, 0.25) is 0 Å². The topological polar surface area (TPSA) is 126 Å². The Bertz CT molecular complexity index is 1050. The van der Waals surface area contributed by atoms with Crippen molar-refractivity contribution < 1.29 is 44.6 Å². The van der Waals surface area contributed by atoms with E-state index >= 15 is 0 Å². The van der Waals surface area contributed by atoms with Crippen molar-refractivity contribution in [3.05, 3.63) is 67.8 Å². The molecule has 0 aromatic carbocycles. The number of aryl methyl sites for hydroxylation is 4. The molecule has 5 aromatic rings. The van der Waals surface area contributed by atoms with Crippen LogP contribution in [0.4, 0.5) is 0 Å². The first-order valence-corrected chi connectivity index (χ1v) is 10.1. The van der Waals surface area contributed by atoms with Crippen LogP contribution in [0.15, 0.2) is 62.1 Å². The fourth-order valence-corrected chi connectivity index (χ4v) is 2.90. The Morgan fingerprint density at radius 3 is 1.23 bits per heavy atom. The molecule has 0 aliphatic carbocycles. The second-order valence-electron chi connectivity index (χ2n) is 7.06. The van der Waals surface area contributed by atoms with Crippen LogP contribution in [-0.2, 0) is 54.4 Å². The van der Waals surface area contributed by atoms with Crippen molar-refractivity contribution in [1.29, 1.82) is 0 Å². The van der Waals surface area contributed by atoms with Crippen LogP contribution in [0, 0.1) is 0 Å². The molecule has 0 radical (unpaired) electrons. The number of nitrogens with two attached hydrogens (primary N) is 1. The summed E-state index contributed by atoms with van der Waals surface area (Å²) in [7, 11) is 7.82. The smallest absolute Gasteiger partial charge is 1.00 e. The predicted octanol–water partition coefficient (Wildman–Crippen LogP) is -4.44. The van der Waals surface area contributed by atoms with Crippen molar-refractivity contribution in [2.45, 2.75) is 6.42 Å². The van der Waals surface area contributed by atoms with E-state index in [1.54, 1.807) is 37.3 Å². The van der Waals surface area contributed by atoms with Gasteiger partial charge in [-0.15, -0.1) is 0 Å². The van der Waals surface area contributed by atoms with E-state index in [0.717, 1.165) is 35.4 Å². The molecule has 0 saturated heterocycles. The number of hydrogen-bond donors (Lipinski definition) is 2. The molecule has 0 saturated carbocycles. The van der Waals surface area contributed by atoms with Crippen molar-refractivity contribution in [2.24, 2.45) is 33.9 Å². The molecule has 0 amide bonds. The monoisotopic (exact) mass is 697 g/mol. The first-order valence-electron chi connectivity index (χ1n) is 10.1. The third-order valence-electron chi connectivity index (χ3n) is 4.65. The Labute approximate surface area is 230 Å². The van der Waals surface area contributed by atoms with Crippen LogP contribution < -0.4 is 30.5 Å². The Morgan fingerprint density at radius 1 is 0.686 bits per heavy atom. The summed E-state index contributed by atoms with van der Waals surface area (Å²) < 4.78 is 7.79. The van der Waals surface area contributed by atoms with Crippen molar-refractivity contribution in [2.75, 3.05) is 6.54 Å². The summed E-state index contributed by atoms with van der Waals surface area (Å²) in [5.41, 5.74) is 6.38. The van der Waals surface area contributed by atoms with Gasteiger partial charge in [-0.1, -0.05) is 0 Å². The molecule has 5 aromatic heterocycles. The Hall–Kier alpha value is -2.77. The van der Waals surface area contributed by atoms with Gasteiger partial charge in [0.1, 0.15) is 0 Å². The van der Waals surface area contributed by atoms with E-state index in [4.69, 9.17) is 5.73 Å². The average molecular weight is 697 g/mol. The van der Waals surface area contributed by atoms with Gasteiger partial charge >= 0.3 is 19.8 Å². The van der Waals surface area contributed by atoms with Crippen molar-refractivity contribution in [1.82, 2.24) is 48.2 Å². The number of nitrogens with zero attached hydrogens (tertiary/aromatic N) is 9. The van der Waals surface area contributed by atoms with Crippen LogP contribution >= 0.6 is 0 Å². The molecule has 35 heavy (non-hydrogen) atoms.